The fraction of sp³-hybridized carbons (Fsp3) is 0. The summed E-state index contributed by atoms with van der Waals surface area (Å²) >= 11 is 0. The number of fused-ring (bicyclic) bond motifs is 1. The van der Waals surface area contributed by atoms with Crippen molar-refractivity contribution in [1.29, 1.82) is 0 Å². The molecule has 0 amide bonds. The van der Waals surface area contributed by atoms with Crippen molar-refractivity contribution in [3.63, 3.8) is 0 Å². The Hall–Kier alpha value is -1.24. The van der Waals surface area contributed by atoms with Crippen LogP contribution in [0.15, 0.2) is 41.0 Å². The van der Waals surface area contributed by atoms with Crippen LogP contribution in [0.3, 0.4) is 0 Å². The number of para-hydroxylation sites is 1. The van der Waals surface area contributed by atoms with Crippen LogP contribution in [0, 0.1) is 0 Å². The minimum Gasteiger partial charge on any atom is -0.464 e. The van der Waals surface area contributed by atoms with E-state index < -0.39 is 0 Å². The van der Waals surface area contributed by atoms with E-state index in [2.05, 4.69) is 0 Å². The Morgan fingerprint density at radius 1 is 1.33 bits per heavy atom. The lowest BCUT2D eigenvalue weighted by atomic mass is 10.3. The summed E-state index contributed by atoms with van der Waals surface area (Å²) in [6.45, 7) is 0. The van der Waals surface area contributed by atoms with Crippen LogP contribution in [-0.4, -0.2) is 0 Å². The van der Waals surface area contributed by atoms with Gasteiger partial charge in [0.15, 0.2) is 0 Å². The molecule has 0 radical (unpaired) electrons. The van der Waals surface area contributed by atoms with Gasteiger partial charge in [-0.1, -0.05) is 18.2 Å². The molecule has 0 fully saturated rings. The molecule has 0 N–H and O–H groups in total. The van der Waals surface area contributed by atoms with Gasteiger partial charge in [-0.05, 0) is 12.1 Å². The van der Waals surface area contributed by atoms with Gasteiger partial charge >= 0.3 is 0 Å². The third kappa shape index (κ3) is 0.617. The lowest BCUT2D eigenvalue weighted by Crippen LogP contribution is -1.57. The lowest BCUT2D eigenvalue weighted by Gasteiger charge is -1.81. The van der Waals surface area contributed by atoms with Gasteiger partial charge in [0.2, 0.25) is 0 Å². The highest BCUT2D eigenvalue weighted by Gasteiger charge is 1.89. The maximum atomic E-state index is 7.39. The van der Waals surface area contributed by atoms with E-state index in [1.165, 1.54) is 0 Å². The second kappa shape index (κ2) is 1.62. The summed E-state index contributed by atoms with van der Waals surface area (Å²) in [4.78, 5) is 0. The van der Waals surface area contributed by atoms with Gasteiger partial charge in [-0.3, -0.25) is 0 Å². The zero-order valence-electron chi connectivity index (χ0n) is 6.72. The highest BCUT2D eigenvalue weighted by molar-refractivity contribution is 5.76. The fourth-order valence-electron chi connectivity index (χ4n) is 0.794. The van der Waals surface area contributed by atoms with Gasteiger partial charge in [0.1, 0.15) is 6.95 Å². The van der Waals surface area contributed by atoms with Crippen LogP contribution in [0.25, 0.3) is 11.0 Å². The van der Waals surface area contributed by atoms with Crippen LogP contribution < -0.4 is 0 Å². The van der Waals surface area contributed by atoms with Crippen LogP contribution in [0.4, 0.5) is 0 Å². The van der Waals surface area contributed by atoms with Gasteiger partial charge in [-0.2, -0.15) is 0 Å². The van der Waals surface area contributed by atoms with Crippen LogP contribution in [-0.2, 0) is 0 Å². The lowest BCUT2D eigenvalue weighted by molar-refractivity contribution is 0.616. The number of hydrogen-bond acceptors (Lipinski definition) is 1. The predicted molar refractivity (Wildman–Crippen MR) is 36.2 cm³/mol. The van der Waals surface area contributed by atoms with Gasteiger partial charge in [0.25, 0.3) is 0 Å². The Bertz CT molecular complexity index is 392. The third-order valence-corrected chi connectivity index (χ3v) is 1.23. The summed E-state index contributed by atoms with van der Waals surface area (Å²) in [6, 6.07) is 7.35. The van der Waals surface area contributed by atoms with Crippen molar-refractivity contribution in [3.05, 3.63) is 36.5 Å². The van der Waals surface area contributed by atoms with Crippen LogP contribution in [0.5, 0.6) is 0 Å². The smallest absolute Gasteiger partial charge is 0.133 e. The fourth-order valence-corrected chi connectivity index (χ4v) is 0.794. The van der Waals surface area contributed by atoms with E-state index in [4.69, 9.17) is 7.16 Å². The molecule has 0 aliphatic carbocycles. The molecule has 1 nitrogen and oxygen atoms in total. The average molecular weight is 120 g/mol. The number of hydrogen-bond donors (Lipinski definition) is 0. The molecule has 2 aromatic rings. The largest absolute Gasteiger partial charge is 0.464 e. The maximum absolute atomic E-state index is 7.39. The third-order valence-electron chi connectivity index (χ3n) is 1.23. The first kappa shape index (κ1) is 3.06. The van der Waals surface area contributed by atoms with E-state index >= 15 is 0 Å². The molecular formula is C8H6O. The quantitative estimate of drug-likeness (QED) is 0.520. The molecule has 1 aromatic carbocycles. The second-order valence-corrected chi connectivity index (χ2v) is 1.83. The zero-order chi connectivity index (χ0) is 7.84. The molecule has 0 saturated carbocycles. The molecule has 44 valence electrons. The van der Waals surface area contributed by atoms with Crippen molar-refractivity contribution in [2.45, 2.75) is 0 Å². The molecule has 1 aromatic heterocycles. The minimum atomic E-state index is -0.0637. The van der Waals surface area contributed by atoms with Gasteiger partial charge in [-0.25, -0.2) is 0 Å². The summed E-state index contributed by atoms with van der Waals surface area (Å²) in [6.07, 6.45) is -0.0637. The van der Waals surface area contributed by atoms with E-state index in [0.29, 0.717) is 11.0 Å². The van der Waals surface area contributed by atoms with Gasteiger partial charge in [0.05, 0.1) is 7.61 Å². The molecule has 9 heavy (non-hydrogen) atoms. The van der Waals surface area contributed by atoms with Crippen molar-refractivity contribution in [2.24, 2.45) is 0 Å². The number of benzene rings is 1. The first-order chi connectivity index (χ1) is 5.29. The van der Waals surface area contributed by atoms with Crippen LogP contribution in [0.1, 0.15) is 2.74 Å². The summed E-state index contributed by atoms with van der Waals surface area (Å²) in [5.74, 6) is 0. The maximum Gasteiger partial charge on any atom is 0.133 e. The number of furan rings is 1. The first-order valence-corrected chi connectivity index (χ1v) is 2.74. The molecule has 0 aliphatic rings. The summed E-state index contributed by atoms with van der Waals surface area (Å²) in [7, 11) is 0. The molecule has 0 bridgehead atoms. The van der Waals surface area contributed by atoms with E-state index in [1.807, 2.05) is 12.1 Å². The minimum absolute atomic E-state index is 0.0637. The summed E-state index contributed by atoms with van der Waals surface area (Å²) in [5.41, 5.74) is 0.613. The average Bonchev–Trinajstić information content (AvgIpc) is 2.30. The Labute approximate surface area is 55.7 Å². The topological polar surface area (TPSA) is 13.1 Å². The van der Waals surface area contributed by atoms with Crippen molar-refractivity contribution < 1.29 is 7.16 Å². The molecule has 0 aliphatic heterocycles. The monoisotopic (exact) mass is 120 g/mol. The summed E-state index contributed by atoms with van der Waals surface area (Å²) < 4.78 is 19.6. The first-order valence-electron chi connectivity index (χ1n) is 3.74. The molecular weight excluding hydrogens is 112 g/mol. The molecule has 1 heteroatoms. The Morgan fingerprint density at radius 3 is 3.11 bits per heavy atom. The molecule has 0 saturated heterocycles. The normalized spacial score (nSPS) is 13.3. The molecule has 0 spiro atoms. The molecule has 0 atom stereocenters. The molecule has 2 rings (SSSR count). The predicted octanol–water partition coefficient (Wildman–Crippen LogP) is 2.43. The van der Waals surface area contributed by atoms with Crippen molar-refractivity contribution >= 4 is 11.0 Å². The van der Waals surface area contributed by atoms with Crippen molar-refractivity contribution in [2.75, 3.05) is 0 Å². The van der Waals surface area contributed by atoms with Crippen LogP contribution >= 0.6 is 0 Å². The van der Waals surface area contributed by atoms with E-state index in [1.54, 1.807) is 12.1 Å². The van der Waals surface area contributed by atoms with E-state index in [9.17, 15) is 0 Å². The highest BCUT2D eigenvalue weighted by atomic mass is 16.3. The van der Waals surface area contributed by atoms with Crippen molar-refractivity contribution in [3.8, 4) is 0 Å². The standard InChI is InChI=1S/C8H6O/c1-2-4-8-7(3-1)5-6-9-8/h1-6H/i5D,6D. The summed E-state index contributed by atoms with van der Waals surface area (Å²) in [5, 5.41) is 0.706. The zero-order valence-corrected chi connectivity index (χ0v) is 4.72. The van der Waals surface area contributed by atoms with Gasteiger partial charge in [-0.15, -0.1) is 0 Å². The van der Waals surface area contributed by atoms with Gasteiger partial charge in [0, 0.05) is 5.39 Å². The van der Waals surface area contributed by atoms with E-state index in [0.717, 1.165) is 0 Å². The van der Waals surface area contributed by atoms with Crippen molar-refractivity contribution in [1.82, 2.24) is 0 Å². The molecule has 0 unspecified atom stereocenters. The highest BCUT2D eigenvalue weighted by Crippen LogP contribution is 2.12. The SMILES string of the molecule is [2H]c1oc2ccccc2c1[2H]. The second-order valence-electron chi connectivity index (χ2n) is 1.83. The number of rotatable bonds is 0. The Kier molecular flexibility index (Phi) is 0.552. The Balaban J connectivity index is 2.92. The van der Waals surface area contributed by atoms with Gasteiger partial charge < -0.3 is 4.42 Å². The molecule has 1 heterocycles. The Morgan fingerprint density at radius 2 is 2.22 bits per heavy atom. The van der Waals surface area contributed by atoms with E-state index in [-0.39, 0.29) is 12.3 Å². The van der Waals surface area contributed by atoms with Crippen LogP contribution in [0.2, 0.25) is 0 Å².